The molecule has 1 aromatic heterocycles. The van der Waals surface area contributed by atoms with Crippen molar-refractivity contribution < 1.29 is 9.53 Å². The normalized spacial score (nSPS) is 26.4. The van der Waals surface area contributed by atoms with Gasteiger partial charge in [0.1, 0.15) is 24.3 Å². The van der Waals surface area contributed by atoms with Gasteiger partial charge in [-0.3, -0.25) is 0 Å². The number of hydrogen-bond acceptors (Lipinski definition) is 4. The number of aryl methyl sites for hydroxylation is 1. The third-order valence-electron chi connectivity index (χ3n) is 2.33. The van der Waals surface area contributed by atoms with Gasteiger partial charge in [0, 0.05) is 6.20 Å². The summed E-state index contributed by atoms with van der Waals surface area (Å²) in [5, 5.41) is 0. The first-order valence-electron chi connectivity index (χ1n) is 4.70. The lowest BCUT2D eigenvalue weighted by Gasteiger charge is -2.09. The lowest BCUT2D eigenvalue weighted by atomic mass is 10.1. The first-order valence-corrected chi connectivity index (χ1v) is 4.70. The summed E-state index contributed by atoms with van der Waals surface area (Å²) in [7, 11) is 0. The van der Waals surface area contributed by atoms with Crippen LogP contribution in [0.1, 0.15) is 30.5 Å². The summed E-state index contributed by atoms with van der Waals surface area (Å²) in [5.74, 6) is 0.737. The van der Waals surface area contributed by atoms with E-state index in [1.54, 1.807) is 6.20 Å². The van der Waals surface area contributed by atoms with Crippen LogP contribution in [0.2, 0.25) is 0 Å². The zero-order valence-corrected chi connectivity index (χ0v) is 8.01. The highest BCUT2D eigenvalue weighted by atomic mass is 16.5. The lowest BCUT2D eigenvalue weighted by Crippen LogP contribution is -2.08. The van der Waals surface area contributed by atoms with Crippen LogP contribution in [0.4, 0.5) is 0 Å². The Hall–Kier alpha value is -1.29. The van der Waals surface area contributed by atoms with Crippen molar-refractivity contribution in [2.24, 2.45) is 0 Å². The largest absolute Gasteiger partial charge is 0.361 e. The molecule has 1 aromatic rings. The van der Waals surface area contributed by atoms with Crippen molar-refractivity contribution in [3.63, 3.8) is 0 Å². The molecule has 0 radical (unpaired) electrons. The Labute approximate surface area is 82.3 Å². The highest BCUT2D eigenvalue weighted by Gasteiger charge is 2.26. The van der Waals surface area contributed by atoms with Crippen LogP contribution in [0, 0.1) is 6.92 Å². The Morgan fingerprint density at radius 2 is 2.43 bits per heavy atom. The van der Waals surface area contributed by atoms with E-state index in [1.165, 1.54) is 0 Å². The number of aromatic nitrogens is 2. The van der Waals surface area contributed by atoms with E-state index in [2.05, 4.69) is 9.97 Å². The maximum atomic E-state index is 10.5. The number of rotatable bonds is 2. The van der Waals surface area contributed by atoms with Crippen LogP contribution >= 0.6 is 0 Å². The molecule has 2 atom stereocenters. The van der Waals surface area contributed by atoms with Crippen LogP contribution in [0.25, 0.3) is 0 Å². The Morgan fingerprint density at radius 1 is 1.57 bits per heavy atom. The van der Waals surface area contributed by atoms with Crippen molar-refractivity contribution in [3.8, 4) is 0 Å². The smallest absolute Gasteiger partial charge is 0.148 e. The summed E-state index contributed by atoms with van der Waals surface area (Å²) in [5.41, 5.74) is 0.877. The highest BCUT2D eigenvalue weighted by molar-refractivity contribution is 5.56. The van der Waals surface area contributed by atoms with Gasteiger partial charge in [-0.1, -0.05) is 0 Å². The molecule has 0 aromatic carbocycles. The molecule has 2 unspecified atom stereocenters. The molecule has 1 fully saturated rings. The number of nitrogens with zero attached hydrogens (tertiary/aromatic N) is 2. The van der Waals surface area contributed by atoms with Crippen molar-refractivity contribution in [1.29, 1.82) is 0 Å². The van der Waals surface area contributed by atoms with Crippen LogP contribution in [0.5, 0.6) is 0 Å². The van der Waals surface area contributed by atoms with E-state index in [0.29, 0.717) is 0 Å². The Kier molecular flexibility index (Phi) is 2.54. The van der Waals surface area contributed by atoms with Gasteiger partial charge in [-0.05, 0) is 25.8 Å². The SMILES string of the molecule is Cc1nccc(C2CCC(C=O)O2)n1. The predicted molar refractivity (Wildman–Crippen MR) is 49.7 cm³/mol. The molecule has 0 N–H and O–H groups in total. The van der Waals surface area contributed by atoms with Crippen LogP contribution in [-0.4, -0.2) is 22.4 Å². The zero-order valence-electron chi connectivity index (χ0n) is 8.01. The fraction of sp³-hybridized carbons (Fsp3) is 0.500. The summed E-state index contributed by atoms with van der Waals surface area (Å²) in [6.45, 7) is 1.84. The zero-order chi connectivity index (χ0) is 9.97. The van der Waals surface area contributed by atoms with E-state index in [1.807, 2.05) is 13.0 Å². The molecule has 2 rings (SSSR count). The third kappa shape index (κ3) is 1.80. The summed E-state index contributed by atoms with van der Waals surface area (Å²) in [4.78, 5) is 18.8. The molecule has 1 saturated heterocycles. The van der Waals surface area contributed by atoms with E-state index in [-0.39, 0.29) is 12.2 Å². The molecule has 1 aliphatic heterocycles. The van der Waals surface area contributed by atoms with Crippen molar-refractivity contribution in [2.45, 2.75) is 32.0 Å². The minimum absolute atomic E-state index is 0.0353. The lowest BCUT2D eigenvalue weighted by molar-refractivity contribution is -0.117. The molecule has 14 heavy (non-hydrogen) atoms. The highest BCUT2D eigenvalue weighted by Crippen LogP contribution is 2.30. The summed E-state index contributed by atoms with van der Waals surface area (Å²) in [6, 6.07) is 1.84. The average Bonchev–Trinajstić information content (AvgIpc) is 2.66. The minimum Gasteiger partial charge on any atom is -0.361 e. The van der Waals surface area contributed by atoms with Crippen LogP contribution in [-0.2, 0) is 9.53 Å². The second-order valence-electron chi connectivity index (χ2n) is 3.41. The van der Waals surface area contributed by atoms with Gasteiger partial charge in [-0.25, -0.2) is 9.97 Å². The molecule has 0 bridgehead atoms. The third-order valence-corrected chi connectivity index (χ3v) is 2.33. The van der Waals surface area contributed by atoms with E-state index >= 15 is 0 Å². The average molecular weight is 192 g/mol. The predicted octanol–water partition coefficient (Wildman–Crippen LogP) is 1.20. The second-order valence-corrected chi connectivity index (χ2v) is 3.41. The number of ether oxygens (including phenoxy) is 1. The van der Waals surface area contributed by atoms with Crippen molar-refractivity contribution in [2.75, 3.05) is 0 Å². The standard InChI is InChI=1S/C10H12N2O2/c1-7-11-5-4-9(12-7)10-3-2-8(6-13)14-10/h4-6,8,10H,2-3H2,1H3. The van der Waals surface area contributed by atoms with E-state index in [9.17, 15) is 4.79 Å². The second kappa shape index (κ2) is 3.84. The van der Waals surface area contributed by atoms with E-state index in [0.717, 1.165) is 30.6 Å². The topological polar surface area (TPSA) is 52.1 Å². The van der Waals surface area contributed by atoms with Gasteiger partial charge in [-0.15, -0.1) is 0 Å². The van der Waals surface area contributed by atoms with Gasteiger partial charge in [-0.2, -0.15) is 0 Å². The minimum atomic E-state index is -0.254. The van der Waals surface area contributed by atoms with Gasteiger partial charge >= 0.3 is 0 Å². The Morgan fingerprint density at radius 3 is 3.07 bits per heavy atom. The molecule has 0 amide bonds. The van der Waals surface area contributed by atoms with Gasteiger partial charge in [0.25, 0.3) is 0 Å². The Bertz CT molecular complexity index is 341. The first kappa shape index (κ1) is 9.27. The van der Waals surface area contributed by atoms with E-state index < -0.39 is 0 Å². The van der Waals surface area contributed by atoms with Gasteiger partial charge in [0.05, 0.1) is 5.69 Å². The molecule has 4 heteroatoms. The first-order chi connectivity index (χ1) is 6.79. The molecule has 1 aliphatic rings. The molecular weight excluding hydrogens is 180 g/mol. The summed E-state index contributed by atoms with van der Waals surface area (Å²) in [6.07, 6.45) is 3.93. The number of carbonyl (C=O) groups excluding carboxylic acids is 1. The fourth-order valence-corrected chi connectivity index (χ4v) is 1.63. The monoisotopic (exact) mass is 192 g/mol. The van der Waals surface area contributed by atoms with Crippen molar-refractivity contribution >= 4 is 6.29 Å². The van der Waals surface area contributed by atoms with Crippen molar-refractivity contribution in [1.82, 2.24) is 9.97 Å². The number of carbonyl (C=O) groups is 1. The van der Waals surface area contributed by atoms with Crippen molar-refractivity contribution in [3.05, 3.63) is 23.8 Å². The number of hydrogen-bond donors (Lipinski definition) is 0. The van der Waals surface area contributed by atoms with Crippen LogP contribution < -0.4 is 0 Å². The molecule has 0 aliphatic carbocycles. The molecule has 0 spiro atoms. The maximum Gasteiger partial charge on any atom is 0.148 e. The molecule has 0 saturated carbocycles. The maximum absolute atomic E-state index is 10.5. The van der Waals surface area contributed by atoms with E-state index in [4.69, 9.17) is 4.74 Å². The molecule has 2 heterocycles. The van der Waals surface area contributed by atoms with Gasteiger partial charge in [0.15, 0.2) is 0 Å². The Balaban J connectivity index is 2.13. The van der Waals surface area contributed by atoms with Gasteiger partial charge < -0.3 is 9.53 Å². The quantitative estimate of drug-likeness (QED) is 0.661. The van der Waals surface area contributed by atoms with Gasteiger partial charge in [0.2, 0.25) is 0 Å². The molecular formula is C10H12N2O2. The molecule has 4 nitrogen and oxygen atoms in total. The van der Waals surface area contributed by atoms with Crippen LogP contribution in [0.3, 0.4) is 0 Å². The summed E-state index contributed by atoms with van der Waals surface area (Å²) >= 11 is 0. The summed E-state index contributed by atoms with van der Waals surface area (Å²) < 4.78 is 5.49. The number of aldehydes is 1. The van der Waals surface area contributed by atoms with Crippen LogP contribution in [0.15, 0.2) is 12.3 Å². The molecule has 74 valence electrons. The fourth-order valence-electron chi connectivity index (χ4n) is 1.63.